The van der Waals surface area contributed by atoms with Crippen molar-refractivity contribution < 1.29 is 0 Å². The highest BCUT2D eigenvalue weighted by Crippen LogP contribution is 2.15. The molecule has 0 aliphatic carbocycles. The lowest BCUT2D eigenvalue weighted by atomic mass is 10.3. The molecule has 11 heavy (non-hydrogen) atoms. The molecule has 0 aromatic carbocycles. The van der Waals surface area contributed by atoms with Crippen molar-refractivity contribution in [1.29, 1.82) is 0 Å². The average molecular weight is 190 g/mol. The number of hydrogen-bond donors (Lipinski definition) is 1. The minimum atomic E-state index is 0.591. The number of rotatable bonds is 0. The van der Waals surface area contributed by atoms with E-state index in [4.69, 9.17) is 12.2 Å². The van der Waals surface area contributed by atoms with Gasteiger partial charge in [0.25, 0.3) is 0 Å². The molecule has 1 N–H and O–H groups in total. The molecule has 2 nitrogen and oxygen atoms in total. The fraction of sp³-hybridized carbons (Fsp3) is 0.857. The van der Waals surface area contributed by atoms with Gasteiger partial charge in [0.05, 0.1) is 0 Å². The van der Waals surface area contributed by atoms with Gasteiger partial charge in [-0.2, -0.15) is 11.8 Å². The molecule has 0 amide bonds. The zero-order valence-electron chi connectivity index (χ0n) is 6.96. The summed E-state index contributed by atoms with van der Waals surface area (Å²) < 4.78 is 0. The summed E-state index contributed by atoms with van der Waals surface area (Å²) in [6.45, 7) is 3.31. The third-order valence-electron chi connectivity index (χ3n) is 1.84. The predicted molar refractivity (Wildman–Crippen MR) is 55.2 cm³/mol. The van der Waals surface area contributed by atoms with Crippen LogP contribution in [-0.4, -0.2) is 41.2 Å². The first-order valence-electron chi connectivity index (χ1n) is 3.82. The van der Waals surface area contributed by atoms with Gasteiger partial charge in [-0.1, -0.05) is 0 Å². The van der Waals surface area contributed by atoms with Crippen LogP contribution in [0.4, 0.5) is 0 Å². The standard InChI is InChI=1S/C7H14N2S2/c1-6-5-11-4-3-9(6)7(10)8-2/h6H,3-5H2,1-2H3,(H,8,10). The second kappa shape index (κ2) is 4.16. The van der Waals surface area contributed by atoms with Crippen LogP contribution in [0.25, 0.3) is 0 Å². The van der Waals surface area contributed by atoms with E-state index in [9.17, 15) is 0 Å². The van der Waals surface area contributed by atoms with E-state index in [1.165, 1.54) is 11.5 Å². The Hall–Kier alpha value is 0.0400. The zero-order valence-corrected chi connectivity index (χ0v) is 8.60. The largest absolute Gasteiger partial charge is 0.366 e. The lowest BCUT2D eigenvalue weighted by Gasteiger charge is -2.34. The Bertz CT molecular complexity index is 149. The van der Waals surface area contributed by atoms with Crippen molar-refractivity contribution in [3.63, 3.8) is 0 Å². The van der Waals surface area contributed by atoms with E-state index in [0.29, 0.717) is 6.04 Å². The number of thioether (sulfide) groups is 1. The molecule has 1 rings (SSSR count). The van der Waals surface area contributed by atoms with Crippen LogP contribution in [0.2, 0.25) is 0 Å². The van der Waals surface area contributed by atoms with E-state index in [-0.39, 0.29) is 0 Å². The lowest BCUT2D eigenvalue weighted by molar-refractivity contribution is 0.362. The van der Waals surface area contributed by atoms with Crippen molar-refractivity contribution in [2.75, 3.05) is 25.1 Å². The minimum absolute atomic E-state index is 0.591. The first kappa shape index (κ1) is 9.13. The van der Waals surface area contributed by atoms with Gasteiger partial charge in [-0.3, -0.25) is 0 Å². The van der Waals surface area contributed by atoms with Gasteiger partial charge < -0.3 is 10.2 Å². The fourth-order valence-electron chi connectivity index (χ4n) is 1.17. The molecular formula is C7H14N2S2. The fourth-order valence-corrected chi connectivity index (χ4v) is 2.46. The summed E-state index contributed by atoms with van der Waals surface area (Å²) in [6, 6.07) is 0.591. The molecule has 0 aromatic heterocycles. The van der Waals surface area contributed by atoms with Gasteiger partial charge in [0, 0.05) is 31.1 Å². The molecule has 64 valence electrons. The van der Waals surface area contributed by atoms with Crippen LogP contribution in [0.3, 0.4) is 0 Å². The van der Waals surface area contributed by atoms with E-state index < -0.39 is 0 Å². The van der Waals surface area contributed by atoms with Gasteiger partial charge in [0.15, 0.2) is 5.11 Å². The van der Waals surface area contributed by atoms with Crippen molar-refractivity contribution in [2.24, 2.45) is 0 Å². The highest BCUT2D eigenvalue weighted by Gasteiger charge is 2.19. The Morgan fingerprint density at radius 3 is 3.00 bits per heavy atom. The summed E-state index contributed by atoms with van der Waals surface area (Å²) in [6.07, 6.45) is 0. The first-order valence-corrected chi connectivity index (χ1v) is 5.38. The number of nitrogens with one attached hydrogen (secondary N) is 1. The minimum Gasteiger partial charge on any atom is -0.366 e. The van der Waals surface area contributed by atoms with E-state index in [0.717, 1.165) is 11.7 Å². The third-order valence-corrected chi connectivity index (χ3v) is 3.47. The predicted octanol–water partition coefficient (Wildman–Crippen LogP) is 0.928. The average Bonchev–Trinajstić information content (AvgIpc) is 2.04. The molecule has 1 aliphatic rings. The molecule has 1 aliphatic heterocycles. The molecular weight excluding hydrogens is 176 g/mol. The highest BCUT2D eigenvalue weighted by atomic mass is 32.2. The van der Waals surface area contributed by atoms with Crippen molar-refractivity contribution in [3.8, 4) is 0 Å². The molecule has 1 atom stereocenters. The number of nitrogens with zero attached hydrogens (tertiary/aromatic N) is 1. The van der Waals surface area contributed by atoms with Crippen LogP contribution in [0.15, 0.2) is 0 Å². The Labute approximate surface area is 77.7 Å². The summed E-state index contributed by atoms with van der Waals surface area (Å²) in [7, 11) is 1.89. The molecule has 0 spiro atoms. The van der Waals surface area contributed by atoms with Crippen LogP contribution >= 0.6 is 24.0 Å². The Balaban J connectivity index is 2.47. The van der Waals surface area contributed by atoms with Gasteiger partial charge in [0.1, 0.15) is 0 Å². The summed E-state index contributed by atoms with van der Waals surface area (Å²) in [4.78, 5) is 2.26. The molecule has 0 radical (unpaired) electrons. The van der Waals surface area contributed by atoms with Gasteiger partial charge in [-0.05, 0) is 19.1 Å². The normalized spacial score (nSPS) is 24.9. The lowest BCUT2D eigenvalue weighted by Crippen LogP contribution is -2.48. The molecule has 0 saturated carbocycles. The Morgan fingerprint density at radius 2 is 2.45 bits per heavy atom. The van der Waals surface area contributed by atoms with Crippen molar-refractivity contribution >= 4 is 29.1 Å². The van der Waals surface area contributed by atoms with Gasteiger partial charge in [-0.25, -0.2) is 0 Å². The molecule has 1 saturated heterocycles. The molecule has 1 unspecified atom stereocenters. The molecule has 0 bridgehead atoms. The maximum absolute atomic E-state index is 5.16. The SMILES string of the molecule is CNC(=S)N1CCSCC1C. The maximum atomic E-state index is 5.16. The first-order chi connectivity index (χ1) is 5.25. The number of hydrogen-bond acceptors (Lipinski definition) is 2. The smallest absolute Gasteiger partial charge is 0.168 e. The third kappa shape index (κ3) is 2.24. The van der Waals surface area contributed by atoms with E-state index >= 15 is 0 Å². The van der Waals surface area contributed by atoms with Crippen molar-refractivity contribution in [3.05, 3.63) is 0 Å². The van der Waals surface area contributed by atoms with Gasteiger partial charge in [0.2, 0.25) is 0 Å². The molecule has 1 heterocycles. The monoisotopic (exact) mass is 190 g/mol. The second-order valence-electron chi connectivity index (χ2n) is 2.67. The molecule has 4 heteroatoms. The molecule has 0 aromatic rings. The maximum Gasteiger partial charge on any atom is 0.168 e. The van der Waals surface area contributed by atoms with Gasteiger partial charge >= 0.3 is 0 Å². The van der Waals surface area contributed by atoms with Crippen molar-refractivity contribution in [2.45, 2.75) is 13.0 Å². The second-order valence-corrected chi connectivity index (χ2v) is 4.21. The quantitative estimate of drug-likeness (QED) is 0.571. The van der Waals surface area contributed by atoms with Crippen LogP contribution in [0.1, 0.15) is 6.92 Å². The van der Waals surface area contributed by atoms with Crippen LogP contribution < -0.4 is 5.32 Å². The van der Waals surface area contributed by atoms with E-state index in [1.54, 1.807) is 0 Å². The zero-order chi connectivity index (χ0) is 8.27. The van der Waals surface area contributed by atoms with Crippen molar-refractivity contribution in [1.82, 2.24) is 10.2 Å². The van der Waals surface area contributed by atoms with Crippen LogP contribution in [0, 0.1) is 0 Å². The summed E-state index contributed by atoms with van der Waals surface area (Å²) in [5.41, 5.74) is 0. The van der Waals surface area contributed by atoms with E-state index in [1.807, 2.05) is 18.8 Å². The highest BCUT2D eigenvalue weighted by molar-refractivity contribution is 7.99. The Morgan fingerprint density at radius 1 is 1.73 bits per heavy atom. The van der Waals surface area contributed by atoms with Crippen LogP contribution in [0.5, 0.6) is 0 Å². The Kier molecular flexibility index (Phi) is 3.45. The summed E-state index contributed by atoms with van der Waals surface area (Å²) in [5, 5.41) is 3.90. The van der Waals surface area contributed by atoms with Gasteiger partial charge in [-0.15, -0.1) is 0 Å². The topological polar surface area (TPSA) is 15.3 Å². The number of thiocarbonyl (C=S) groups is 1. The summed E-state index contributed by atoms with van der Waals surface area (Å²) >= 11 is 7.16. The summed E-state index contributed by atoms with van der Waals surface area (Å²) in [5.74, 6) is 2.40. The molecule has 1 fully saturated rings. The van der Waals surface area contributed by atoms with Crippen LogP contribution in [-0.2, 0) is 0 Å². The van der Waals surface area contributed by atoms with E-state index in [2.05, 4.69) is 17.1 Å².